The van der Waals surface area contributed by atoms with E-state index in [1.54, 1.807) is 7.05 Å². The Morgan fingerprint density at radius 3 is 2.65 bits per heavy atom. The van der Waals surface area contributed by atoms with Gasteiger partial charge in [-0.3, -0.25) is 9.59 Å². The van der Waals surface area contributed by atoms with Gasteiger partial charge in [-0.25, -0.2) is 0 Å². The van der Waals surface area contributed by atoms with Gasteiger partial charge in [-0.15, -0.1) is 0 Å². The summed E-state index contributed by atoms with van der Waals surface area (Å²) in [6.45, 7) is 5.26. The number of hydrogen-bond acceptors (Lipinski definition) is 5. The second kappa shape index (κ2) is 6.88. The Morgan fingerprint density at radius 2 is 1.95 bits per heavy atom. The van der Waals surface area contributed by atoms with Gasteiger partial charge in [0.15, 0.2) is 0 Å². The summed E-state index contributed by atoms with van der Waals surface area (Å²) >= 11 is 0. The summed E-state index contributed by atoms with van der Waals surface area (Å²) < 4.78 is 0. The smallest absolute Gasteiger partial charge is 0.253 e. The van der Waals surface area contributed by atoms with Crippen LogP contribution in [0.3, 0.4) is 0 Å². The van der Waals surface area contributed by atoms with Crippen LogP contribution in [-0.2, 0) is 0 Å². The Bertz CT molecular complexity index is 505. The average molecular weight is 279 g/mol. The van der Waals surface area contributed by atoms with Gasteiger partial charge < -0.3 is 15.5 Å². The van der Waals surface area contributed by atoms with Gasteiger partial charge in [0, 0.05) is 26.2 Å². The van der Waals surface area contributed by atoms with E-state index in [0.717, 1.165) is 25.6 Å². The predicted molar refractivity (Wildman–Crippen MR) is 83.5 cm³/mol. The molecule has 2 N–H and O–H groups in total. The highest BCUT2D eigenvalue weighted by molar-refractivity contribution is 5.73. The molecule has 0 aromatic heterocycles. The van der Waals surface area contributed by atoms with Gasteiger partial charge in [-0.1, -0.05) is 13.3 Å². The summed E-state index contributed by atoms with van der Waals surface area (Å²) in [5.74, 6) is 0. The topological polar surface area (TPSA) is 61.4 Å². The lowest BCUT2D eigenvalue weighted by Crippen LogP contribution is -2.40. The summed E-state index contributed by atoms with van der Waals surface area (Å²) in [6, 6.07) is 0.725. The number of nitrogens with one attached hydrogen (secondary N) is 2. The Labute approximate surface area is 120 Å². The van der Waals surface area contributed by atoms with Gasteiger partial charge in [0.05, 0.1) is 0 Å². The van der Waals surface area contributed by atoms with E-state index in [4.69, 9.17) is 0 Å². The number of hydrogen-bond donors (Lipinski definition) is 2. The molecule has 5 nitrogen and oxygen atoms in total. The molecule has 1 unspecified atom stereocenters. The molecule has 0 saturated carbocycles. The molecule has 1 saturated heterocycles. The molecule has 0 bridgehead atoms. The van der Waals surface area contributed by atoms with Crippen LogP contribution in [0.25, 0.3) is 0 Å². The normalized spacial score (nSPS) is 20.2. The van der Waals surface area contributed by atoms with Gasteiger partial charge in [0.25, 0.3) is 10.9 Å². The van der Waals surface area contributed by atoms with E-state index in [1.165, 1.54) is 32.2 Å². The maximum absolute atomic E-state index is 11.4. The molecule has 2 rings (SSSR count). The van der Waals surface area contributed by atoms with E-state index >= 15 is 0 Å². The Morgan fingerprint density at radius 1 is 1.20 bits per heavy atom. The SMILES string of the molecule is CCC1CCCCN1CCCNc1c(NC)c(=O)c1=O. The third-order valence-electron chi connectivity index (χ3n) is 4.30. The lowest BCUT2D eigenvalue weighted by atomic mass is 10.00. The largest absolute Gasteiger partial charge is 0.383 e. The van der Waals surface area contributed by atoms with Crippen LogP contribution in [0.1, 0.15) is 39.0 Å². The Kier molecular flexibility index (Phi) is 5.17. The maximum atomic E-state index is 11.4. The first-order chi connectivity index (χ1) is 9.69. The van der Waals surface area contributed by atoms with E-state index in [2.05, 4.69) is 22.5 Å². The van der Waals surface area contributed by atoms with E-state index in [1.807, 2.05) is 0 Å². The molecule has 20 heavy (non-hydrogen) atoms. The third-order valence-corrected chi connectivity index (χ3v) is 4.30. The molecule has 1 aromatic rings. The zero-order chi connectivity index (χ0) is 14.5. The number of rotatable bonds is 7. The molecule has 0 aliphatic carbocycles. The quantitative estimate of drug-likeness (QED) is 0.583. The van der Waals surface area contributed by atoms with Crippen LogP contribution in [0.15, 0.2) is 9.59 Å². The van der Waals surface area contributed by atoms with E-state index in [0.29, 0.717) is 11.4 Å². The first-order valence-corrected chi connectivity index (χ1v) is 7.68. The van der Waals surface area contributed by atoms with Crippen LogP contribution >= 0.6 is 0 Å². The van der Waals surface area contributed by atoms with E-state index < -0.39 is 10.9 Å². The second-order valence-corrected chi connectivity index (χ2v) is 5.53. The van der Waals surface area contributed by atoms with Crippen molar-refractivity contribution in [3.05, 3.63) is 20.4 Å². The van der Waals surface area contributed by atoms with E-state index in [9.17, 15) is 9.59 Å². The zero-order valence-corrected chi connectivity index (χ0v) is 12.5. The molecule has 0 amide bonds. The Hall–Kier alpha value is -1.36. The fraction of sp³-hybridized carbons (Fsp3) is 0.733. The molecule has 0 radical (unpaired) electrons. The molecule has 0 spiro atoms. The molecule has 1 fully saturated rings. The highest BCUT2D eigenvalue weighted by atomic mass is 16.2. The summed E-state index contributed by atoms with van der Waals surface area (Å²) in [4.78, 5) is 25.2. The number of anilines is 2. The van der Waals surface area contributed by atoms with Crippen molar-refractivity contribution in [1.82, 2.24) is 4.90 Å². The van der Waals surface area contributed by atoms with Crippen molar-refractivity contribution >= 4 is 11.4 Å². The summed E-state index contributed by atoms with van der Waals surface area (Å²) in [6.07, 6.45) is 6.17. The molecule has 1 aromatic carbocycles. The predicted octanol–water partition coefficient (Wildman–Crippen LogP) is 1.39. The van der Waals surface area contributed by atoms with Crippen LogP contribution in [-0.4, -0.2) is 37.6 Å². The van der Waals surface area contributed by atoms with Crippen LogP contribution < -0.4 is 21.5 Å². The van der Waals surface area contributed by atoms with E-state index in [-0.39, 0.29) is 0 Å². The van der Waals surface area contributed by atoms with Crippen LogP contribution in [0.4, 0.5) is 11.4 Å². The van der Waals surface area contributed by atoms with Crippen molar-refractivity contribution in [3.8, 4) is 0 Å². The van der Waals surface area contributed by atoms with Crippen LogP contribution in [0.2, 0.25) is 0 Å². The van der Waals surface area contributed by atoms with Gasteiger partial charge in [0.2, 0.25) is 0 Å². The van der Waals surface area contributed by atoms with Crippen molar-refractivity contribution < 1.29 is 0 Å². The van der Waals surface area contributed by atoms with Crippen LogP contribution in [0, 0.1) is 0 Å². The first kappa shape index (κ1) is 15.0. The second-order valence-electron chi connectivity index (χ2n) is 5.53. The molecule has 1 atom stereocenters. The fourth-order valence-corrected chi connectivity index (χ4v) is 3.11. The van der Waals surface area contributed by atoms with Crippen molar-refractivity contribution in [2.24, 2.45) is 0 Å². The lowest BCUT2D eigenvalue weighted by molar-refractivity contribution is 0.144. The summed E-state index contributed by atoms with van der Waals surface area (Å²) in [5, 5.41) is 5.87. The highest BCUT2D eigenvalue weighted by Gasteiger charge is 2.21. The monoisotopic (exact) mass is 279 g/mol. The standard InChI is InChI=1S/C15H25N3O2/c1-3-11-7-4-5-9-18(11)10-6-8-17-13-12(16-2)14(19)15(13)20/h11,16-17H,3-10H2,1-2H3. The number of piperidine rings is 1. The summed E-state index contributed by atoms with van der Waals surface area (Å²) in [7, 11) is 1.67. The Balaban J connectivity index is 1.75. The molecule has 5 heteroatoms. The minimum absolute atomic E-state index is 0.390. The number of nitrogens with zero attached hydrogens (tertiary/aromatic N) is 1. The highest BCUT2D eigenvalue weighted by Crippen LogP contribution is 2.19. The molecular weight excluding hydrogens is 254 g/mol. The van der Waals surface area contributed by atoms with Crippen molar-refractivity contribution in [1.29, 1.82) is 0 Å². The molecule has 1 heterocycles. The fourth-order valence-electron chi connectivity index (χ4n) is 3.11. The minimum atomic E-state index is -0.405. The van der Waals surface area contributed by atoms with Gasteiger partial charge >= 0.3 is 0 Å². The van der Waals surface area contributed by atoms with Gasteiger partial charge in [0.1, 0.15) is 11.4 Å². The van der Waals surface area contributed by atoms with Gasteiger partial charge in [-0.05, 0) is 32.2 Å². The molecule has 112 valence electrons. The van der Waals surface area contributed by atoms with Crippen molar-refractivity contribution in [3.63, 3.8) is 0 Å². The lowest BCUT2D eigenvalue weighted by Gasteiger charge is -2.35. The zero-order valence-electron chi connectivity index (χ0n) is 12.5. The number of likely N-dealkylation sites (tertiary alicyclic amines) is 1. The molecular formula is C15H25N3O2. The molecule has 1 aliphatic rings. The van der Waals surface area contributed by atoms with Crippen molar-refractivity contribution in [2.75, 3.05) is 37.3 Å². The minimum Gasteiger partial charge on any atom is -0.383 e. The average Bonchev–Trinajstić information content (AvgIpc) is 2.49. The first-order valence-electron chi connectivity index (χ1n) is 7.68. The summed E-state index contributed by atoms with van der Waals surface area (Å²) in [5.41, 5.74) is 0.0958. The van der Waals surface area contributed by atoms with Crippen LogP contribution in [0.5, 0.6) is 0 Å². The van der Waals surface area contributed by atoms with Gasteiger partial charge in [-0.2, -0.15) is 0 Å². The maximum Gasteiger partial charge on any atom is 0.253 e. The molecule has 1 aliphatic heterocycles. The van der Waals surface area contributed by atoms with Crippen molar-refractivity contribution in [2.45, 2.75) is 45.1 Å². The third kappa shape index (κ3) is 3.03.